The van der Waals surface area contributed by atoms with E-state index in [1.807, 2.05) is 19.9 Å². The van der Waals surface area contributed by atoms with Crippen LogP contribution in [-0.4, -0.2) is 34.5 Å². The lowest BCUT2D eigenvalue weighted by Crippen LogP contribution is -2.19. The Kier molecular flexibility index (Phi) is 8.90. The summed E-state index contributed by atoms with van der Waals surface area (Å²) < 4.78 is 4.85. The highest BCUT2D eigenvalue weighted by molar-refractivity contribution is 5.66. The lowest BCUT2D eigenvalue weighted by atomic mass is 9.98. The van der Waals surface area contributed by atoms with Gasteiger partial charge in [-0.1, -0.05) is 23.8 Å². The molecule has 0 bridgehead atoms. The fourth-order valence-corrected chi connectivity index (χ4v) is 1.78. The number of aliphatic hydroxyl groups is 2. The normalized spacial score (nSPS) is 17.0. The predicted molar refractivity (Wildman–Crippen MR) is 84.8 cm³/mol. The number of allylic oxidation sites excluding steroid dienone is 1. The molecule has 0 radical (unpaired) electrons. The van der Waals surface area contributed by atoms with Gasteiger partial charge in [0.15, 0.2) is 0 Å². The van der Waals surface area contributed by atoms with Crippen molar-refractivity contribution in [3.63, 3.8) is 0 Å². The molecule has 0 unspecified atom stereocenters. The molecule has 0 saturated heterocycles. The van der Waals surface area contributed by atoms with Crippen molar-refractivity contribution in [3.05, 3.63) is 36.0 Å². The van der Waals surface area contributed by atoms with Crippen LogP contribution < -0.4 is 0 Å². The first-order valence-electron chi connectivity index (χ1n) is 7.16. The Morgan fingerprint density at radius 2 is 1.95 bits per heavy atom. The minimum absolute atomic E-state index is 0.206. The summed E-state index contributed by atoms with van der Waals surface area (Å²) in [6, 6.07) is 0. The van der Waals surface area contributed by atoms with Crippen LogP contribution in [0.15, 0.2) is 36.0 Å². The van der Waals surface area contributed by atoms with E-state index in [0.717, 1.165) is 17.6 Å². The predicted octanol–water partition coefficient (Wildman–Crippen LogP) is 2.91. The summed E-state index contributed by atoms with van der Waals surface area (Å²) in [6.45, 7) is 10.6. The Morgan fingerprint density at radius 3 is 2.48 bits per heavy atom. The van der Waals surface area contributed by atoms with Crippen LogP contribution in [0, 0.1) is 0 Å². The molecule has 0 amide bonds. The molecule has 2 atom stereocenters. The first-order valence-corrected chi connectivity index (χ1v) is 7.16. The summed E-state index contributed by atoms with van der Waals surface area (Å²) in [5.41, 5.74) is 1.02. The second kappa shape index (κ2) is 9.53. The molecule has 0 aromatic carbocycles. The lowest BCUT2D eigenvalue weighted by Gasteiger charge is -2.17. The molecular formula is C17H28O4. The number of hydrogen-bond donors (Lipinski definition) is 2. The van der Waals surface area contributed by atoms with Gasteiger partial charge < -0.3 is 14.9 Å². The van der Waals surface area contributed by atoms with Crippen molar-refractivity contribution in [2.24, 2.45) is 0 Å². The zero-order valence-electron chi connectivity index (χ0n) is 13.6. The van der Waals surface area contributed by atoms with Crippen molar-refractivity contribution >= 4 is 5.97 Å². The maximum atomic E-state index is 10.7. The topological polar surface area (TPSA) is 66.8 Å². The van der Waals surface area contributed by atoms with Crippen molar-refractivity contribution in [2.45, 2.75) is 58.7 Å². The standard InChI is InChI=1S/C17H28O4/c1-6-17(5,20)9-7-8-13(2)10-16(19)11-14(3)12-21-15(4)18/h6,8,11,16,19-20H,1,7,9-10,12H2,2-5H3/b13-8+,14-11+/t16-,17-/m1/s1. The first-order chi connectivity index (χ1) is 9.66. The number of hydrogen-bond acceptors (Lipinski definition) is 4. The number of ether oxygens (including phenoxy) is 1. The van der Waals surface area contributed by atoms with Crippen molar-refractivity contribution in [1.82, 2.24) is 0 Å². The SMILES string of the molecule is C=C[C@@](C)(O)CC/C=C(\C)C[C@@H](O)/C=C(\C)COC(C)=O. The smallest absolute Gasteiger partial charge is 0.302 e. The number of carbonyl (C=O) groups is 1. The largest absolute Gasteiger partial charge is 0.461 e. The van der Waals surface area contributed by atoms with E-state index in [-0.39, 0.29) is 12.6 Å². The van der Waals surface area contributed by atoms with Crippen LogP contribution in [0.3, 0.4) is 0 Å². The molecule has 0 heterocycles. The van der Waals surface area contributed by atoms with E-state index in [9.17, 15) is 15.0 Å². The van der Waals surface area contributed by atoms with Gasteiger partial charge in [-0.15, -0.1) is 6.58 Å². The molecule has 0 rings (SSSR count). The summed E-state index contributed by atoms with van der Waals surface area (Å²) in [6.07, 6.45) is 6.49. The second-order valence-electron chi connectivity index (χ2n) is 5.72. The van der Waals surface area contributed by atoms with Crippen LogP contribution in [0.25, 0.3) is 0 Å². The van der Waals surface area contributed by atoms with E-state index >= 15 is 0 Å². The van der Waals surface area contributed by atoms with E-state index in [1.54, 1.807) is 13.0 Å². The van der Waals surface area contributed by atoms with Gasteiger partial charge in [-0.3, -0.25) is 4.79 Å². The van der Waals surface area contributed by atoms with Crippen molar-refractivity contribution < 1.29 is 19.7 Å². The molecule has 120 valence electrons. The molecule has 0 aromatic rings. The second-order valence-corrected chi connectivity index (χ2v) is 5.72. The van der Waals surface area contributed by atoms with Crippen LogP contribution in [0.2, 0.25) is 0 Å². The Hall–Kier alpha value is -1.39. The third kappa shape index (κ3) is 11.0. The Morgan fingerprint density at radius 1 is 1.33 bits per heavy atom. The molecule has 21 heavy (non-hydrogen) atoms. The van der Waals surface area contributed by atoms with Gasteiger partial charge in [-0.25, -0.2) is 0 Å². The summed E-state index contributed by atoms with van der Waals surface area (Å²) in [4.78, 5) is 10.7. The maximum absolute atomic E-state index is 10.7. The number of carbonyl (C=O) groups excluding carboxylic acids is 1. The van der Waals surface area contributed by atoms with Gasteiger partial charge in [0.25, 0.3) is 0 Å². The van der Waals surface area contributed by atoms with Gasteiger partial charge in [0.05, 0.1) is 11.7 Å². The third-order valence-electron chi connectivity index (χ3n) is 3.09. The van der Waals surface area contributed by atoms with Crippen molar-refractivity contribution in [3.8, 4) is 0 Å². The van der Waals surface area contributed by atoms with Crippen LogP contribution in [0.4, 0.5) is 0 Å². The molecule has 0 aliphatic carbocycles. The summed E-state index contributed by atoms with van der Waals surface area (Å²) in [5.74, 6) is -0.331. The average Bonchev–Trinajstić information content (AvgIpc) is 2.35. The van der Waals surface area contributed by atoms with Gasteiger partial charge in [0.2, 0.25) is 0 Å². The van der Waals surface area contributed by atoms with Gasteiger partial charge >= 0.3 is 5.97 Å². The third-order valence-corrected chi connectivity index (χ3v) is 3.09. The molecule has 0 aliphatic heterocycles. The van der Waals surface area contributed by atoms with Crippen LogP contribution in [0.5, 0.6) is 0 Å². The van der Waals surface area contributed by atoms with E-state index in [4.69, 9.17) is 4.74 Å². The number of rotatable bonds is 9. The lowest BCUT2D eigenvalue weighted by molar-refractivity contribution is -0.139. The summed E-state index contributed by atoms with van der Waals surface area (Å²) in [7, 11) is 0. The molecular weight excluding hydrogens is 268 g/mol. The Bertz CT molecular complexity index is 405. The van der Waals surface area contributed by atoms with Gasteiger partial charge in [-0.2, -0.15) is 0 Å². The molecule has 4 nitrogen and oxygen atoms in total. The van der Waals surface area contributed by atoms with E-state index in [1.165, 1.54) is 13.0 Å². The number of esters is 1. The molecule has 2 N–H and O–H groups in total. The van der Waals surface area contributed by atoms with Gasteiger partial charge in [0, 0.05) is 6.92 Å². The van der Waals surface area contributed by atoms with Crippen LogP contribution >= 0.6 is 0 Å². The van der Waals surface area contributed by atoms with Crippen LogP contribution in [0.1, 0.15) is 47.0 Å². The van der Waals surface area contributed by atoms with E-state index in [2.05, 4.69) is 6.58 Å². The zero-order valence-corrected chi connectivity index (χ0v) is 13.6. The molecule has 0 spiro atoms. The van der Waals surface area contributed by atoms with Crippen molar-refractivity contribution in [2.75, 3.05) is 6.61 Å². The monoisotopic (exact) mass is 296 g/mol. The molecule has 0 aromatic heterocycles. The van der Waals surface area contributed by atoms with Crippen LogP contribution in [-0.2, 0) is 9.53 Å². The average molecular weight is 296 g/mol. The molecule has 0 saturated carbocycles. The highest BCUT2D eigenvalue weighted by atomic mass is 16.5. The van der Waals surface area contributed by atoms with Crippen molar-refractivity contribution in [1.29, 1.82) is 0 Å². The first kappa shape index (κ1) is 19.6. The Balaban J connectivity index is 4.24. The minimum Gasteiger partial charge on any atom is -0.461 e. The van der Waals surface area contributed by atoms with Gasteiger partial charge in [0.1, 0.15) is 6.61 Å². The van der Waals surface area contributed by atoms with E-state index in [0.29, 0.717) is 12.8 Å². The van der Waals surface area contributed by atoms with E-state index < -0.39 is 11.7 Å². The fraction of sp³-hybridized carbons (Fsp3) is 0.588. The fourth-order valence-electron chi connectivity index (χ4n) is 1.78. The quantitative estimate of drug-likeness (QED) is 0.507. The molecule has 0 fully saturated rings. The zero-order chi connectivity index (χ0) is 16.5. The summed E-state index contributed by atoms with van der Waals surface area (Å²) >= 11 is 0. The Labute approximate surface area is 127 Å². The highest BCUT2D eigenvalue weighted by Crippen LogP contribution is 2.16. The van der Waals surface area contributed by atoms with Gasteiger partial charge in [-0.05, 0) is 45.6 Å². The number of aliphatic hydroxyl groups excluding tert-OH is 1. The molecule has 0 aliphatic rings. The summed E-state index contributed by atoms with van der Waals surface area (Å²) in [5, 5.41) is 19.7. The minimum atomic E-state index is -0.851. The molecule has 4 heteroatoms. The maximum Gasteiger partial charge on any atom is 0.302 e. The highest BCUT2D eigenvalue weighted by Gasteiger charge is 2.13.